The summed E-state index contributed by atoms with van der Waals surface area (Å²) in [7, 11) is -3.05. The topological polar surface area (TPSA) is 79.5 Å². The maximum Gasteiger partial charge on any atom is 0.173 e. The van der Waals surface area contributed by atoms with Crippen molar-refractivity contribution in [2.24, 2.45) is 0 Å². The van der Waals surface area contributed by atoms with Gasteiger partial charge in [0, 0.05) is 18.0 Å². The van der Waals surface area contributed by atoms with Gasteiger partial charge >= 0.3 is 0 Å². The van der Waals surface area contributed by atoms with E-state index < -0.39 is 15.9 Å². The predicted octanol–water partition coefficient (Wildman–Crippen LogP) is 0.213. The van der Waals surface area contributed by atoms with Crippen molar-refractivity contribution >= 4 is 9.84 Å². The number of hydrogen-bond acceptors (Lipinski definition) is 5. The quantitative estimate of drug-likeness (QED) is 0.790. The molecule has 2 rings (SSSR count). The molecule has 0 amide bonds. The molecule has 1 aromatic rings. The van der Waals surface area contributed by atoms with Crippen molar-refractivity contribution in [2.75, 3.05) is 12.3 Å². The van der Waals surface area contributed by atoms with Crippen LogP contribution in [-0.4, -0.2) is 31.9 Å². The third-order valence-electron chi connectivity index (χ3n) is 2.38. The Balaban J connectivity index is 1.83. The second-order valence-electron chi connectivity index (χ2n) is 3.70. The lowest BCUT2D eigenvalue weighted by molar-refractivity contribution is 0.146. The summed E-state index contributed by atoms with van der Waals surface area (Å²) in [6.07, 6.45) is 2.31. The van der Waals surface area contributed by atoms with E-state index in [-0.39, 0.29) is 18.3 Å². The Morgan fingerprint density at radius 2 is 2.44 bits per heavy atom. The molecular formula is C10H13NO4S. The van der Waals surface area contributed by atoms with E-state index in [4.69, 9.17) is 4.42 Å². The fourth-order valence-electron chi connectivity index (χ4n) is 1.55. The Labute approximate surface area is 93.7 Å². The highest BCUT2D eigenvalue weighted by Gasteiger charge is 2.22. The summed E-state index contributed by atoms with van der Waals surface area (Å²) < 4.78 is 27.2. The summed E-state index contributed by atoms with van der Waals surface area (Å²) >= 11 is 0. The smallest absolute Gasteiger partial charge is 0.173 e. The molecule has 0 fully saturated rings. The van der Waals surface area contributed by atoms with E-state index >= 15 is 0 Å². The second kappa shape index (κ2) is 4.40. The lowest BCUT2D eigenvalue weighted by atomic mass is 10.2. The molecule has 0 spiro atoms. The third-order valence-corrected chi connectivity index (χ3v) is 3.77. The van der Waals surface area contributed by atoms with Gasteiger partial charge in [0.2, 0.25) is 0 Å². The molecule has 1 aromatic heterocycles. The molecule has 0 saturated heterocycles. The van der Waals surface area contributed by atoms with Crippen LogP contribution < -0.4 is 5.32 Å². The first-order chi connectivity index (χ1) is 7.57. The Hall–Kier alpha value is -1.11. The summed E-state index contributed by atoms with van der Waals surface area (Å²) in [5.41, 5.74) is 0. The van der Waals surface area contributed by atoms with Crippen molar-refractivity contribution in [3.05, 3.63) is 35.6 Å². The third kappa shape index (κ3) is 2.72. The van der Waals surface area contributed by atoms with Gasteiger partial charge in [-0.3, -0.25) is 0 Å². The van der Waals surface area contributed by atoms with Gasteiger partial charge in [-0.2, -0.15) is 0 Å². The molecule has 6 heteroatoms. The van der Waals surface area contributed by atoms with E-state index in [2.05, 4.69) is 5.32 Å². The van der Waals surface area contributed by atoms with Gasteiger partial charge in [0.05, 0.1) is 12.0 Å². The molecule has 0 radical (unpaired) electrons. The number of aliphatic hydroxyl groups excluding tert-OH is 1. The van der Waals surface area contributed by atoms with Gasteiger partial charge in [0.25, 0.3) is 0 Å². The van der Waals surface area contributed by atoms with Crippen LogP contribution in [0.1, 0.15) is 11.9 Å². The minimum atomic E-state index is -3.05. The van der Waals surface area contributed by atoms with Crippen molar-refractivity contribution < 1.29 is 17.9 Å². The minimum absolute atomic E-state index is 0.0534. The van der Waals surface area contributed by atoms with Crippen LogP contribution in [0.2, 0.25) is 0 Å². The van der Waals surface area contributed by atoms with Crippen LogP contribution in [0.5, 0.6) is 0 Å². The van der Waals surface area contributed by atoms with Crippen LogP contribution in [0, 0.1) is 0 Å². The van der Waals surface area contributed by atoms with Crippen LogP contribution in [0.15, 0.2) is 34.3 Å². The predicted molar refractivity (Wildman–Crippen MR) is 58.4 cm³/mol. The van der Waals surface area contributed by atoms with Gasteiger partial charge < -0.3 is 14.8 Å². The zero-order valence-corrected chi connectivity index (χ0v) is 9.35. The lowest BCUT2D eigenvalue weighted by Crippen LogP contribution is -2.33. The van der Waals surface area contributed by atoms with Crippen LogP contribution in [0.4, 0.5) is 0 Å². The highest BCUT2D eigenvalue weighted by atomic mass is 32.2. The molecule has 16 heavy (non-hydrogen) atoms. The second-order valence-corrected chi connectivity index (χ2v) is 5.64. The molecular weight excluding hydrogens is 230 g/mol. The molecule has 2 heterocycles. The zero-order chi connectivity index (χ0) is 11.6. The maximum atomic E-state index is 11.1. The van der Waals surface area contributed by atoms with Gasteiger partial charge in [-0.25, -0.2) is 8.42 Å². The first-order valence-electron chi connectivity index (χ1n) is 4.93. The van der Waals surface area contributed by atoms with Crippen LogP contribution >= 0.6 is 0 Å². The monoisotopic (exact) mass is 243 g/mol. The molecule has 2 unspecified atom stereocenters. The summed E-state index contributed by atoms with van der Waals surface area (Å²) in [5, 5.41) is 13.8. The van der Waals surface area contributed by atoms with Gasteiger partial charge in [-0.15, -0.1) is 0 Å². The molecule has 2 atom stereocenters. The average molecular weight is 243 g/mol. The van der Waals surface area contributed by atoms with Crippen molar-refractivity contribution in [2.45, 2.75) is 12.1 Å². The highest BCUT2D eigenvalue weighted by molar-refractivity contribution is 7.94. The number of nitrogens with one attached hydrogen (secondary N) is 1. The van der Waals surface area contributed by atoms with Gasteiger partial charge in [0.1, 0.15) is 11.9 Å². The Morgan fingerprint density at radius 1 is 1.62 bits per heavy atom. The van der Waals surface area contributed by atoms with E-state index in [0.717, 1.165) is 0 Å². The summed E-state index contributed by atoms with van der Waals surface area (Å²) in [5.74, 6) is 0.523. The van der Waals surface area contributed by atoms with E-state index in [1.54, 1.807) is 18.2 Å². The largest absolute Gasteiger partial charge is 0.467 e. The summed E-state index contributed by atoms with van der Waals surface area (Å²) in [6.45, 7) is 0.262. The first kappa shape index (κ1) is 11.4. The van der Waals surface area contributed by atoms with E-state index in [1.807, 2.05) is 0 Å². The Morgan fingerprint density at radius 3 is 3.00 bits per heavy atom. The fourth-order valence-corrected chi connectivity index (χ4v) is 2.82. The fraction of sp³-hybridized carbons (Fsp3) is 0.400. The van der Waals surface area contributed by atoms with Gasteiger partial charge in [0.15, 0.2) is 9.84 Å². The van der Waals surface area contributed by atoms with Crippen molar-refractivity contribution in [3.8, 4) is 0 Å². The molecule has 0 saturated carbocycles. The summed E-state index contributed by atoms with van der Waals surface area (Å²) in [6, 6.07) is 3.14. The maximum absolute atomic E-state index is 11.1. The number of furan rings is 1. The molecule has 2 N–H and O–H groups in total. The molecule has 88 valence electrons. The van der Waals surface area contributed by atoms with Gasteiger partial charge in [-0.05, 0) is 12.1 Å². The molecule has 1 aliphatic heterocycles. The first-order valence-corrected chi connectivity index (χ1v) is 6.64. The van der Waals surface area contributed by atoms with Crippen molar-refractivity contribution in [3.63, 3.8) is 0 Å². The van der Waals surface area contributed by atoms with Crippen LogP contribution in [0.25, 0.3) is 0 Å². The summed E-state index contributed by atoms with van der Waals surface area (Å²) in [4.78, 5) is 0. The van der Waals surface area contributed by atoms with E-state index in [0.29, 0.717) is 5.76 Å². The molecule has 5 nitrogen and oxygen atoms in total. The Bertz CT molecular complexity index is 463. The standard InChI is InChI=1S/C10H13NO4S/c12-9(10-2-1-4-15-10)6-11-8-3-5-16(13,14)7-8/h1-5,8-9,11-12H,6-7H2. The van der Waals surface area contributed by atoms with Crippen LogP contribution in [0.3, 0.4) is 0 Å². The minimum Gasteiger partial charge on any atom is -0.467 e. The SMILES string of the molecule is O=S1(=O)C=CC(NCC(O)c2ccco2)C1. The average Bonchev–Trinajstić information content (AvgIpc) is 2.83. The number of sulfone groups is 1. The number of hydrogen-bond donors (Lipinski definition) is 2. The van der Waals surface area contributed by atoms with Crippen LogP contribution in [-0.2, 0) is 9.84 Å². The number of aliphatic hydroxyl groups is 1. The normalized spacial score (nSPS) is 24.7. The molecule has 0 aromatic carbocycles. The number of rotatable bonds is 4. The molecule has 0 aliphatic carbocycles. The van der Waals surface area contributed by atoms with Crippen molar-refractivity contribution in [1.82, 2.24) is 5.32 Å². The van der Waals surface area contributed by atoms with Gasteiger partial charge in [-0.1, -0.05) is 6.08 Å². The van der Waals surface area contributed by atoms with E-state index in [9.17, 15) is 13.5 Å². The molecule has 1 aliphatic rings. The zero-order valence-electron chi connectivity index (χ0n) is 8.54. The Kier molecular flexibility index (Phi) is 3.13. The molecule has 0 bridgehead atoms. The van der Waals surface area contributed by atoms with Crippen molar-refractivity contribution in [1.29, 1.82) is 0 Å². The van der Waals surface area contributed by atoms with E-state index in [1.165, 1.54) is 11.7 Å². The lowest BCUT2D eigenvalue weighted by Gasteiger charge is -2.12. The highest BCUT2D eigenvalue weighted by Crippen LogP contribution is 2.13.